The Balaban J connectivity index is 1.81. The molecular formula is C15H20N2O5S2. The molecule has 3 rings (SSSR count). The Hall–Kier alpha value is -1.26. The van der Waals surface area contributed by atoms with Crippen LogP contribution in [0.3, 0.4) is 0 Å². The molecule has 3 heterocycles. The van der Waals surface area contributed by atoms with E-state index in [1.54, 1.807) is 11.8 Å². The van der Waals surface area contributed by atoms with Gasteiger partial charge in [-0.1, -0.05) is 6.07 Å². The highest BCUT2D eigenvalue weighted by Crippen LogP contribution is 2.27. The van der Waals surface area contributed by atoms with Crippen molar-refractivity contribution in [2.75, 3.05) is 24.7 Å². The zero-order valence-electron chi connectivity index (χ0n) is 13.3. The molecule has 2 unspecified atom stereocenters. The van der Waals surface area contributed by atoms with Crippen LogP contribution in [0.15, 0.2) is 21.9 Å². The molecule has 9 heteroatoms. The lowest BCUT2D eigenvalue weighted by atomic mass is 10.1. The van der Waals surface area contributed by atoms with Crippen LogP contribution in [0.4, 0.5) is 0 Å². The van der Waals surface area contributed by atoms with E-state index in [0.29, 0.717) is 23.9 Å². The van der Waals surface area contributed by atoms with Gasteiger partial charge in [0.05, 0.1) is 40.8 Å². The standard InChI is InChI=1S/C15H20N2O5S2/c1-10-11(16-15(22-10)14-3-2-6-23-14)7-17(4-5-18)12-8-24(20,21)9-13(12)19/h2-3,6,12-13,18-19H,4-5,7-9H2,1H3. The van der Waals surface area contributed by atoms with Gasteiger partial charge in [-0.05, 0) is 18.4 Å². The predicted octanol–water partition coefficient (Wildman–Crippen LogP) is 0.664. The van der Waals surface area contributed by atoms with Gasteiger partial charge < -0.3 is 14.6 Å². The highest BCUT2D eigenvalue weighted by molar-refractivity contribution is 7.91. The Morgan fingerprint density at radius 3 is 2.83 bits per heavy atom. The Labute approximate surface area is 144 Å². The Morgan fingerprint density at radius 2 is 2.25 bits per heavy atom. The number of rotatable bonds is 6. The summed E-state index contributed by atoms with van der Waals surface area (Å²) in [6.07, 6.45) is -0.953. The van der Waals surface area contributed by atoms with Crippen molar-refractivity contribution < 1.29 is 23.0 Å². The van der Waals surface area contributed by atoms with Crippen molar-refractivity contribution in [2.45, 2.75) is 25.6 Å². The quantitative estimate of drug-likeness (QED) is 0.768. The van der Waals surface area contributed by atoms with Gasteiger partial charge >= 0.3 is 0 Å². The molecule has 0 spiro atoms. The zero-order chi connectivity index (χ0) is 17.3. The summed E-state index contributed by atoms with van der Waals surface area (Å²) in [5.74, 6) is 0.832. The number of aliphatic hydroxyl groups excluding tert-OH is 2. The number of oxazole rings is 1. The fraction of sp³-hybridized carbons (Fsp3) is 0.533. The molecule has 0 aromatic carbocycles. The molecule has 2 atom stereocenters. The van der Waals surface area contributed by atoms with Gasteiger partial charge in [0, 0.05) is 13.1 Å². The number of hydrogen-bond donors (Lipinski definition) is 2. The monoisotopic (exact) mass is 372 g/mol. The summed E-state index contributed by atoms with van der Waals surface area (Å²) in [5, 5.41) is 21.3. The molecule has 24 heavy (non-hydrogen) atoms. The van der Waals surface area contributed by atoms with Crippen LogP contribution in [0.25, 0.3) is 10.8 Å². The molecule has 1 fully saturated rings. The van der Waals surface area contributed by atoms with Gasteiger partial charge in [-0.15, -0.1) is 11.3 Å². The molecule has 2 aromatic heterocycles. The normalized spacial score (nSPS) is 23.2. The maximum absolute atomic E-state index is 11.8. The minimum absolute atomic E-state index is 0.108. The third-order valence-electron chi connectivity index (χ3n) is 4.13. The first-order valence-corrected chi connectivity index (χ1v) is 10.3. The second-order valence-electron chi connectivity index (χ2n) is 5.90. The third kappa shape index (κ3) is 3.70. The van der Waals surface area contributed by atoms with Crippen LogP contribution in [-0.2, 0) is 16.4 Å². The number of aryl methyl sites for hydroxylation is 1. The minimum atomic E-state index is -3.26. The maximum Gasteiger partial charge on any atom is 0.236 e. The maximum atomic E-state index is 11.8. The fourth-order valence-electron chi connectivity index (χ4n) is 2.92. The van der Waals surface area contributed by atoms with Gasteiger partial charge in [-0.2, -0.15) is 0 Å². The second kappa shape index (κ2) is 6.93. The van der Waals surface area contributed by atoms with Crippen molar-refractivity contribution in [3.63, 3.8) is 0 Å². The summed E-state index contributed by atoms with van der Waals surface area (Å²) in [4.78, 5) is 7.18. The second-order valence-corrected chi connectivity index (χ2v) is 9.01. The van der Waals surface area contributed by atoms with E-state index in [1.165, 1.54) is 11.3 Å². The summed E-state index contributed by atoms with van der Waals surface area (Å²) in [6, 6.07) is 3.29. The summed E-state index contributed by atoms with van der Waals surface area (Å²) in [5.41, 5.74) is 0.684. The van der Waals surface area contributed by atoms with Crippen LogP contribution < -0.4 is 0 Å². The number of aliphatic hydroxyl groups is 2. The van der Waals surface area contributed by atoms with E-state index in [-0.39, 0.29) is 24.7 Å². The molecule has 0 bridgehead atoms. The molecule has 2 aromatic rings. The van der Waals surface area contributed by atoms with Gasteiger partial charge in [0.25, 0.3) is 0 Å². The Kier molecular flexibility index (Phi) is 5.07. The average Bonchev–Trinajstić information content (AvgIpc) is 3.19. The zero-order valence-corrected chi connectivity index (χ0v) is 14.9. The summed E-state index contributed by atoms with van der Waals surface area (Å²) in [7, 11) is -3.26. The van der Waals surface area contributed by atoms with Crippen LogP contribution in [0.5, 0.6) is 0 Å². The van der Waals surface area contributed by atoms with Crippen LogP contribution in [0.1, 0.15) is 11.5 Å². The Morgan fingerprint density at radius 1 is 1.46 bits per heavy atom. The molecular weight excluding hydrogens is 352 g/mol. The predicted molar refractivity (Wildman–Crippen MR) is 90.5 cm³/mol. The number of sulfone groups is 1. The van der Waals surface area contributed by atoms with Crippen molar-refractivity contribution in [2.24, 2.45) is 0 Å². The van der Waals surface area contributed by atoms with Crippen LogP contribution in [-0.4, -0.2) is 65.3 Å². The summed E-state index contributed by atoms with van der Waals surface area (Å²) in [6.45, 7) is 2.26. The lowest BCUT2D eigenvalue weighted by Crippen LogP contribution is -2.44. The first kappa shape index (κ1) is 17.6. The lowest BCUT2D eigenvalue weighted by molar-refractivity contribution is 0.0645. The number of thiophene rings is 1. The van der Waals surface area contributed by atoms with E-state index in [2.05, 4.69) is 4.98 Å². The first-order chi connectivity index (χ1) is 11.4. The number of nitrogens with zero attached hydrogens (tertiary/aromatic N) is 2. The van der Waals surface area contributed by atoms with E-state index < -0.39 is 22.0 Å². The van der Waals surface area contributed by atoms with E-state index in [1.807, 2.05) is 17.5 Å². The van der Waals surface area contributed by atoms with E-state index in [0.717, 1.165) is 4.88 Å². The molecule has 0 radical (unpaired) electrons. The van der Waals surface area contributed by atoms with Crippen molar-refractivity contribution in [3.05, 3.63) is 29.0 Å². The number of aromatic nitrogens is 1. The lowest BCUT2D eigenvalue weighted by Gasteiger charge is -2.28. The molecule has 7 nitrogen and oxygen atoms in total. The minimum Gasteiger partial charge on any atom is -0.440 e. The largest absolute Gasteiger partial charge is 0.440 e. The molecule has 0 saturated carbocycles. The van der Waals surface area contributed by atoms with Crippen LogP contribution in [0.2, 0.25) is 0 Å². The van der Waals surface area contributed by atoms with Crippen molar-refractivity contribution in [1.29, 1.82) is 0 Å². The van der Waals surface area contributed by atoms with Crippen molar-refractivity contribution in [1.82, 2.24) is 9.88 Å². The van der Waals surface area contributed by atoms with E-state index in [4.69, 9.17) is 4.42 Å². The Bertz CT molecular complexity index is 785. The van der Waals surface area contributed by atoms with Gasteiger partial charge in [-0.25, -0.2) is 13.4 Å². The topological polar surface area (TPSA) is 104 Å². The van der Waals surface area contributed by atoms with Gasteiger partial charge in [0.2, 0.25) is 5.89 Å². The smallest absolute Gasteiger partial charge is 0.236 e. The van der Waals surface area contributed by atoms with Crippen molar-refractivity contribution in [3.8, 4) is 10.8 Å². The molecule has 132 valence electrons. The summed E-state index contributed by atoms with van der Waals surface area (Å²) >= 11 is 1.52. The third-order valence-corrected chi connectivity index (χ3v) is 6.68. The van der Waals surface area contributed by atoms with Crippen LogP contribution >= 0.6 is 11.3 Å². The van der Waals surface area contributed by atoms with Gasteiger partial charge in [-0.3, -0.25) is 4.90 Å². The first-order valence-electron chi connectivity index (χ1n) is 7.63. The molecule has 2 N–H and O–H groups in total. The van der Waals surface area contributed by atoms with Gasteiger partial charge in [0.15, 0.2) is 9.84 Å². The molecule has 1 saturated heterocycles. The fourth-order valence-corrected chi connectivity index (χ4v) is 5.40. The van der Waals surface area contributed by atoms with E-state index >= 15 is 0 Å². The van der Waals surface area contributed by atoms with Gasteiger partial charge in [0.1, 0.15) is 5.76 Å². The average molecular weight is 372 g/mol. The highest BCUT2D eigenvalue weighted by Gasteiger charge is 2.40. The highest BCUT2D eigenvalue weighted by atomic mass is 32.2. The summed E-state index contributed by atoms with van der Waals surface area (Å²) < 4.78 is 29.2. The molecule has 0 aliphatic carbocycles. The molecule has 1 aliphatic rings. The number of hydrogen-bond acceptors (Lipinski definition) is 8. The van der Waals surface area contributed by atoms with Crippen molar-refractivity contribution >= 4 is 21.2 Å². The molecule has 0 amide bonds. The van der Waals surface area contributed by atoms with E-state index in [9.17, 15) is 18.6 Å². The molecule has 1 aliphatic heterocycles. The van der Waals surface area contributed by atoms with Crippen LogP contribution in [0, 0.1) is 6.92 Å². The SMILES string of the molecule is Cc1oc(-c2cccs2)nc1CN(CCO)C1CS(=O)(=O)CC1O.